The summed E-state index contributed by atoms with van der Waals surface area (Å²) in [7, 11) is 0. The molecular formula is C16H19FN2OS. The van der Waals surface area contributed by atoms with E-state index in [1.54, 1.807) is 13.0 Å². The maximum Gasteiger partial charge on any atom is 0.262 e. The van der Waals surface area contributed by atoms with Crippen LogP contribution in [0.4, 0.5) is 4.39 Å². The summed E-state index contributed by atoms with van der Waals surface area (Å²) < 4.78 is 14.7. The van der Waals surface area contributed by atoms with Gasteiger partial charge < -0.3 is 11.1 Å². The smallest absolute Gasteiger partial charge is 0.262 e. The molecule has 21 heavy (non-hydrogen) atoms. The lowest BCUT2D eigenvalue weighted by Crippen LogP contribution is -2.51. The highest BCUT2D eigenvalue weighted by atomic mass is 32.1. The molecule has 0 aliphatic heterocycles. The lowest BCUT2D eigenvalue weighted by molar-refractivity contribution is 0.0907. The molecule has 0 radical (unpaired) electrons. The molecule has 1 aromatic carbocycles. The maximum atomic E-state index is 13.9. The summed E-state index contributed by atoms with van der Waals surface area (Å²) in [6, 6.07) is 4.96. The monoisotopic (exact) mass is 306 g/mol. The van der Waals surface area contributed by atoms with Gasteiger partial charge >= 0.3 is 0 Å². The molecule has 3 N–H and O–H groups in total. The van der Waals surface area contributed by atoms with Crippen molar-refractivity contribution in [2.75, 3.05) is 6.54 Å². The fourth-order valence-corrected chi connectivity index (χ4v) is 4.32. The van der Waals surface area contributed by atoms with Gasteiger partial charge in [-0.15, -0.1) is 11.3 Å². The summed E-state index contributed by atoms with van der Waals surface area (Å²) in [6.45, 7) is 2.26. The minimum absolute atomic E-state index is 0.125. The SMILES string of the molecule is Cc1c(C(=O)NC2(CN)CCCC2)sc2cccc(F)c12. The molecule has 1 aromatic heterocycles. The van der Waals surface area contributed by atoms with Crippen LogP contribution in [0.3, 0.4) is 0 Å². The Morgan fingerprint density at radius 3 is 2.76 bits per heavy atom. The number of hydrogen-bond acceptors (Lipinski definition) is 3. The predicted octanol–water partition coefficient (Wildman–Crippen LogP) is 3.35. The van der Waals surface area contributed by atoms with Crippen molar-refractivity contribution in [2.45, 2.75) is 38.1 Å². The predicted molar refractivity (Wildman–Crippen MR) is 84.2 cm³/mol. The minimum atomic E-state index is -0.280. The van der Waals surface area contributed by atoms with Crippen LogP contribution in [0.15, 0.2) is 18.2 Å². The van der Waals surface area contributed by atoms with E-state index in [0.29, 0.717) is 16.8 Å². The van der Waals surface area contributed by atoms with Crippen LogP contribution in [0.2, 0.25) is 0 Å². The van der Waals surface area contributed by atoms with Crippen LogP contribution >= 0.6 is 11.3 Å². The number of nitrogens with one attached hydrogen (secondary N) is 1. The molecule has 0 bridgehead atoms. The third-order valence-electron chi connectivity index (χ3n) is 4.44. The van der Waals surface area contributed by atoms with Gasteiger partial charge in [0.2, 0.25) is 0 Å². The highest BCUT2D eigenvalue weighted by molar-refractivity contribution is 7.21. The van der Waals surface area contributed by atoms with Crippen molar-refractivity contribution in [1.29, 1.82) is 0 Å². The Kier molecular flexibility index (Phi) is 3.71. The first kappa shape index (κ1) is 14.5. The second kappa shape index (κ2) is 5.39. The minimum Gasteiger partial charge on any atom is -0.345 e. The van der Waals surface area contributed by atoms with Gasteiger partial charge in [-0.3, -0.25) is 4.79 Å². The molecule has 1 aliphatic carbocycles. The molecule has 1 fully saturated rings. The average molecular weight is 306 g/mol. The van der Waals surface area contributed by atoms with Crippen LogP contribution in [0, 0.1) is 12.7 Å². The van der Waals surface area contributed by atoms with E-state index in [2.05, 4.69) is 5.32 Å². The largest absolute Gasteiger partial charge is 0.345 e. The Bertz CT molecular complexity index is 689. The first-order chi connectivity index (χ1) is 10.1. The van der Waals surface area contributed by atoms with Crippen LogP contribution in [-0.4, -0.2) is 18.0 Å². The van der Waals surface area contributed by atoms with Crippen molar-refractivity contribution < 1.29 is 9.18 Å². The van der Waals surface area contributed by atoms with Crippen LogP contribution < -0.4 is 11.1 Å². The molecule has 3 rings (SSSR count). The molecule has 2 aromatic rings. The van der Waals surface area contributed by atoms with E-state index in [1.165, 1.54) is 17.4 Å². The first-order valence-corrected chi connectivity index (χ1v) is 8.08. The van der Waals surface area contributed by atoms with Crippen molar-refractivity contribution in [1.82, 2.24) is 5.32 Å². The van der Waals surface area contributed by atoms with Crippen molar-refractivity contribution in [2.24, 2.45) is 5.73 Å². The van der Waals surface area contributed by atoms with Crippen LogP contribution in [0.5, 0.6) is 0 Å². The molecule has 0 unspecified atom stereocenters. The fourth-order valence-electron chi connectivity index (χ4n) is 3.20. The highest BCUT2D eigenvalue weighted by Gasteiger charge is 2.34. The van der Waals surface area contributed by atoms with Gasteiger partial charge in [-0.25, -0.2) is 4.39 Å². The van der Waals surface area contributed by atoms with E-state index < -0.39 is 0 Å². The Morgan fingerprint density at radius 1 is 1.43 bits per heavy atom. The summed E-state index contributed by atoms with van der Waals surface area (Å²) in [5.41, 5.74) is 6.30. The van der Waals surface area contributed by atoms with Crippen molar-refractivity contribution >= 4 is 27.3 Å². The van der Waals surface area contributed by atoms with Gasteiger partial charge in [-0.05, 0) is 37.5 Å². The fraction of sp³-hybridized carbons (Fsp3) is 0.438. The molecule has 1 saturated carbocycles. The zero-order chi connectivity index (χ0) is 15.0. The number of hydrogen-bond donors (Lipinski definition) is 2. The number of amides is 1. The third kappa shape index (κ3) is 2.45. The topological polar surface area (TPSA) is 55.1 Å². The van der Waals surface area contributed by atoms with E-state index >= 15 is 0 Å². The molecule has 0 saturated heterocycles. The summed E-state index contributed by atoms with van der Waals surface area (Å²) in [5, 5.41) is 3.66. The first-order valence-electron chi connectivity index (χ1n) is 7.26. The highest BCUT2D eigenvalue weighted by Crippen LogP contribution is 2.34. The summed E-state index contributed by atoms with van der Waals surface area (Å²) >= 11 is 1.35. The molecule has 0 atom stereocenters. The number of thiophene rings is 1. The summed E-state index contributed by atoms with van der Waals surface area (Å²) in [4.78, 5) is 13.2. The van der Waals surface area contributed by atoms with Crippen LogP contribution in [-0.2, 0) is 0 Å². The number of carbonyl (C=O) groups is 1. The number of carbonyl (C=O) groups excluding carboxylic acids is 1. The number of benzene rings is 1. The Morgan fingerprint density at radius 2 is 2.14 bits per heavy atom. The van der Waals surface area contributed by atoms with Crippen molar-refractivity contribution in [3.63, 3.8) is 0 Å². The molecule has 1 amide bonds. The number of fused-ring (bicyclic) bond motifs is 1. The van der Waals surface area contributed by atoms with Gasteiger partial charge in [0.05, 0.1) is 10.4 Å². The van der Waals surface area contributed by atoms with E-state index in [4.69, 9.17) is 5.73 Å². The molecular weight excluding hydrogens is 287 g/mol. The third-order valence-corrected chi connectivity index (χ3v) is 5.70. The van der Waals surface area contributed by atoms with Crippen LogP contribution in [0.25, 0.3) is 10.1 Å². The van der Waals surface area contributed by atoms with E-state index in [9.17, 15) is 9.18 Å². The summed E-state index contributed by atoms with van der Waals surface area (Å²) in [5.74, 6) is -0.393. The lowest BCUT2D eigenvalue weighted by atomic mass is 9.97. The van der Waals surface area contributed by atoms with Gasteiger partial charge in [-0.2, -0.15) is 0 Å². The van der Waals surface area contributed by atoms with Gasteiger partial charge in [0.15, 0.2) is 0 Å². The van der Waals surface area contributed by atoms with E-state index in [-0.39, 0.29) is 17.3 Å². The average Bonchev–Trinajstić information content (AvgIpc) is 3.05. The standard InChI is InChI=1S/C16H19FN2OS/c1-10-13-11(17)5-4-6-12(13)21-14(10)15(20)19-16(9-18)7-2-3-8-16/h4-6H,2-3,7-9,18H2,1H3,(H,19,20). The Labute approximate surface area is 127 Å². The number of halogens is 1. The van der Waals surface area contributed by atoms with E-state index in [1.807, 2.05) is 6.07 Å². The van der Waals surface area contributed by atoms with Gasteiger partial charge in [-0.1, -0.05) is 18.9 Å². The normalized spacial score (nSPS) is 17.3. The summed E-state index contributed by atoms with van der Waals surface area (Å²) in [6.07, 6.45) is 4.04. The second-order valence-electron chi connectivity index (χ2n) is 5.81. The van der Waals surface area contributed by atoms with Crippen molar-refractivity contribution in [3.05, 3.63) is 34.5 Å². The molecule has 1 heterocycles. The zero-order valence-corrected chi connectivity index (χ0v) is 12.9. The maximum absolute atomic E-state index is 13.9. The number of aryl methyl sites for hydroxylation is 1. The van der Waals surface area contributed by atoms with Gasteiger partial charge in [0.1, 0.15) is 5.82 Å². The second-order valence-corrected chi connectivity index (χ2v) is 6.87. The van der Waals surface area contributed by atoms with Gasteiger partial charge in [0, 0.05) is 16.6 Å². The Balaban J connectivity index is 1.95. The molecule has 0 spiro atoms. The van der Waals surface area contributed by atoms with Crippen LogP contribution in [0.1, 0.15) is 40.9 Å². The molecule has 5 heteroatoms. The molecule has 3 nitrogen and oxygen atoms in total. The number of nitrogens with two attached hydrogens (primary N) is 1. The lowest BCUT2D eigenvalue weighted by Gasteiger charge is -2.28. The number of rotatable bonds is 3. The molecule has 1 aliphatic rings. The van der Waals surface area contributed by atoms with Crippen molar-refractivity contribution in [3.8, 4) is 0 Å². The molecule has 112 valence electrons. The Hall–Kier alpha value is -1.46. The van der Waals surface area contributed by atoms with E-state index in [0.717, 1.165) is 35.9 Å². The van der Waals surface area contributed by atoms with Gasteiger partial charge in [0.25, 0.3) is 5.91 Å². The quantitative estimate of drug-likeness (QED) is 0.913. The zero-order valence-electron chi connectivity index (χ0n) is 12.0.